The fourth-order valence-electron chi connectivity index (χ4n) is 6.37. The first-order valence-corrected chi connectivity index (χ1v) is 18.8. The van der Waals surface area contributed by atoms with Crippen LogP contribution in [0.1, 0.15) is 95.5 Å². The Hall–Kier alpha value is -5.48. The van der Waals surface area contributed by atoms with E-state index in [1.54, 1.807) is 24.9 Å². The van der Waals surface area contributed by atoms with E-state index >= 15 is 0 Å². The number of hydrogen-bond acceptors (Lipinski definition) is 4. The maximum atomic E-state index is 4.94. The van der Waals surface area contributed by atoms with Crippen LogP contribution in [0.4, 0.5) is 22.7 Å². The van der Waals surface area contributed by atoms with Crippen LogP contribution in [-0.2, 0) is 45.6 Å². The smallest absolute Gasteiger partial charge is 0.659 e. The molecule has 8 rings (SSSR count). The summed E-state index contributed by atoms with van der Waals surface area (Å²) in [6.07, 6.45) is 7.20. The molecule has 3 aromatic carbocycles. The summed E-state index contributed by atoms with van der Waals surface area (Å²) in [4.78, 5) is 39.2. The number of hydrogen-bond donors (Lipinski definition) is 0. The zero-order chi connectivity index (χ0) is 39.5. The van der Waals surface area contributed by atoms with Gasteiger partial charge in [0.05, 0.1) is 22.7 Å². The van der Waals surface area contributed by atoms with Gasteiger partial charge >= 0.3 is 34.7 Å². The molecule has 0 saturated heterocycles. The minimum absolute atomic E-state index is 0. The van der Waals surface area contributed by atoms with Gasteiger partial charge in [-0.1, -0.05) is 113 Å². The molecule has 8 nitrogen and oxygen atoms in total. The van der Waals surface area contributed by atoms with Crippen molar-refractivity contribution in [3.8, 4) is 0 Å². The van der Waals surface area contributed by atoms with E-state index in [-0.39, 0.29) is 34.7 Å². The molecule has 5 heterocycles. The minimum atomic E-state index is -0.430. The maximum absolute atomic E-state index is 4.94. The molecule has 8 bridgehead atoms. The third-order valence-electron chi connectivity index (χ3n) is 10.4. The second-order valence-electron chi connectivity index (χ2n) is 15.3. The van der Waals surface area contributed by atoms with Crippen LogP contribution in [0.2, 0.25) is 0 Å². The van der Waals surface area contributed by atoms with Crippen molar-refractivity contribution in [2.24, 2.45) is 20.0 Å². The SMILES string of the molecule is Cc1cc2c(cc1C)N=Cc1ccc([n-]1)C(C)(C)c1ccc([n-]1)C=Nc1cc(C)c(C)cc1N=Cc1ccc([n-]1)C(C)(C)c1ccc([n-]1)C=N2.[Cr+2].[Cr+2].c1ccccc1. The van der Waals surface area contributed by atoms with E-state index in [1.807, 2.05) is 84.9 Å². The number of fused-ring (bicyclic) bond motifs is 10. The van der Waals surface area contributed by atoms with Gasteiger partial charge in [-0.25, -0.2) is 0 Å². The van der Waals surface area contributed by atoms with Gasteiger partial charge < -0.3 is 19.9 Å². The van der Waals surface area contributed by atoms with Gasteiger partial charge in [0.2, 0.25) is 0 Å². The molecule has 10 heteroatoms. The molecule has 0 atom stereocenters. The van der Waals surface area contributed by atoms with Crippen LogP contribution < -0.4 is 19.9 Å². The Morgan fingerprint density at radius 1 is 0.345 bits per heavy atom. The van der Waals surface area contributed by atoms with Crippen molar-refractivity contribution >= 4 is 47.6 Å². The van der Waals surface area contributed by atoms with Crippen molar-refractivity contribution in [3.63, 3.8) is 0 Å². The Bertz CT molecular complexity index is 2240. The Balaban J connectivity index is 0.000000735. The van der Waals surface area contributed by atoms with Gasteiger partial charge in [-0.15, -0.1) is 22.8 Å². The van der Waals surface area contributed by atoms with Gasteiger partial charge in [-0.3, -0.25) is 20.0 Å². The molecule has 0 unspecified atom stereocenters. The standard InChI is InChI=1S/C42H40N8.C6H6.2Cr/c1-25-17-33-34(18-26(25)2)44-22-30-10-14-38(48-30)42(7,8)40-16-12-32(50-40)24-46-36-20-28(4)27(3)19-35(36)45-23-31-11-15-39(49-31)41(5,6)37-13-9-29(47-37)21-43-33;1-2-4-6-5-3-1;;/h9-24H,1-8H3;1-6H;;/q-4;;2*+2. The molecule has 4 aromatic heterocycles. The summed E-state index contributed by atoms with van der Waals surface area (Å²) >= 11 is 0. The molecule has 0 N–H and O–H groups in total. The molecule has 1 aliphatic heterocycles. The topological polar surface area (TPSA) is 106 Å². The van der Waals surface area contributed by atoms with Crippen LogP contribution in [0.15, 0.2) is 129 Å². The number of rotatable bonds is 0. The second-order valence-corrected chi connectivity index (χ2v) is 15.3. The predicted molar refractivity (Wildman–Crippen MR) is 231 cm³/mol. The molecule has 0 amide bonds. The van der Waals surface area contributed by atoms with Crippen molar-refractivity contribution in [1.82, 2.24) is 19.9 Å². The number of aromatic nitrogens is 4. The summed E-state index contributed by atoms with van der Waals surface area (Å²) in [7, 11) is 0. The zero-order valence-corrected chi connectivity index (χ0v) is 36.6. The van der Waals surface area contributed by atoms with Crippen LogP contribution in [0.5, 0.6) is 0 Å². The van der Waals surface area contributed by atoms with Gasteiger partial charge in [-0.05, 0) is 85.0 Å². The molecule has 290 valence electrons. The van der Waals surface area contributed by atoms with Crippen molar-refractivity contribution in [3.05, 3.63) is 177 Å². The summed E-state index contributed by atoms with van der Waals surface area (Å²) in [6.45, 7) is 16.9. The third-order valence-corrected chi connectivity index (χ3v) is 10.4. The number of aliphatic imine (C=N–C) groups is 4. The fourth-order valence-corrected chi connectivity index (χ4v) is 6.37. The van der Waals surface area contributed by atoms with Crippen LogP contribution >= 0.6 is 0 Å². The number of aryl methyl sites for hydroxylation is 4. The van der Waals surface area contributed by atoms with Crippen LogP contribution in [0.25, 0.3) is 0 Å². The molecule has 0 saturated carbocycles. The van der Waals surface area contributed by atoms with Crippen molar-refractivity contribution in [2.75, 3.05) is 0 Å². The molecular formula is C48H46Cr2N8. The predicted octanol–water partition coefficient (Wildman–Crippen LogP) is 10.4. The van der Waals surface area contributed by atoms with E-state index in [0.717, 1.165) is 90.6 Å². The summed E-state index contributed by atoms with van der Waals surface area (Å²) in [5.41, 5.74) is 13.5. The maximum Gasteiger partial charge on any atom is 2.00 e. The molecule has 1 aliphatic rings. The Labute approximate surface area is 363 Å². The molecule has 0 aliphatic carbocycles. The Morgan fingerprint density at radius 2 is 0.552 bits per heavy atom. The zero-order valence-electron chi connectivity index (χ0n) is 34.1. The number of nitrogens with zero attached hydrogens (tertiary/aromatic N) is 8. The van der Waals surface area contributed by atoms with Gasteiger partial charge in [0.25, 0.3) is 0 Å². The van der Waals surface area contributed by atoms with Crippen molar-refractivity contribution in [2.45, 2.75) is 66.2 Å². The van der Waals surface area contributed by atoms with Gasteiger partial charge in [-0.2, -0.15) is 22.8 Å². The normalized spacial score (nSPS) is 13.9. The Kier molecular flexibility index (Phi) is 13.9. The molecular weight excluding hydrogens is 793 g/mol. The fraction of sp³-hybridized carbons (Fsp3) is 0.208. The summed E-state index contributed by atoms with van der Waals surface area (Å²) in [5.74, 6) is 0. The first kappa shape index (κ1) is 43.6. The first-order chi connectivity index (χ1) is 26.9. The van der Waals surface area contributed by atoms with E-state index < -0.39 is 10.8 Å². The monoisotopic (exact) mass is 838 g/mol. The molecule has 7 aromatic rings. The molecule has 0 spiro atoms. The summed E-state index contributed by atoms with van der Waals surface area (Å²) in [5, 5.41) is 0. The number of benzene rings is 3. The van der Waals surface area contributed by atoms with Gasteiger partial charge in [0.15, 0.2) is 0 Å². The molecule has 58 heavy (non-hydrogen) atoms. The van der Waals surface area contributed by atoms with Crippen LogP contribution in [-0.4, -0.2) is 24.9 Å². The average Bonchev–Trinajstić information content (AvgIpc) is 4.03. The molecule has 0 radical (unpaired) electrons. The van der Waals surface area contributed by atoms with E-state index in [0.29, 0.717) is 0 Å². The largest absolute Gasteiger partial charge is 2.00 e. The quantitative estimate of drug-likeness (QED) is 0.152. The van der Waals surface area contributed by atoms with E-state index in [2.05, 4.69) is 79.7 Å². The summed E-state index contributed by atoms with van der Waals surface area (Å²) in [6, 6.07) is 36.4. The summed E-state index contributed by atoms with van der Waals surface area (Å²) < 4.78 is 0. The van der Waals surface area contributed by atoms with Crippen LogP contribution in [0, 0.1) is 27.7 Å². The Morgan fingerprint density at radius 3 is 0.759 bits per heavy atom. The van der Waals surface area contributed by atoms with Crippen molar-refractivity contribution in [1.29, 1.82) is 0 Å². The van der Waals surface area contributed by atoms with E-state index in [9.17, 15) is 0 Å². The second kappa shape index (κ2) is 18.4. The minimum Gasteiger partial charge on any atom is -0.659 e. The van der Waals surface area contributed by atoms with E-state index in [1.165, 1.54) is 0 Å². The molecule has 0 fully saturated rings. The van der Waals surface area contributed by atoms with Gasteiger partial charge in [0.1, 0.15) is 0 Å². The van der Waals surface area contributed by atoms with E-state index in [4.69, 9.17) is 39.9 Å². The van der Waals surface area contributed by atoms with Gasteiger partial charge in [0, 0.05) is 24.9 Å². The first-order valence-electron chi connectivity index (χ1n) is 18.8. The van der Waals surface area contributed by atoms with Crippen LogP contribution in [0.3, 0.4) is 0 Å². The van der Waals surface area contributed by atoms with Crippen molar-refractivity contribution < 1.29 is 34.7 Å². The average molecular weight is 839 g/mol. The third kappa shape index (κ3) is 9.79.